The molecule has 10 heteroatoms. The van der Waals surface area contributed by atoms with Gasteiger partial charge in [0.15, 0.2) is 11.3 Å². The largest absolute Gasteiger partial charge is 0.462 e. The number of fused-ring (bicyclic) bond motifs is 1. The SMILES string of the molecule is Cc1cc(CN(C)C)ccc1NC1=C(C(=O)OCCCO)C(=O)/C(=C/c2c[nH]c3ncccc23)O1.Cl. The number of hydrogen-bond acceptors (Lipinski definition) is 8. The summed E-state index contributed by atoms with van der Waals surface area (Å²) in [5, 5.41) is 12.9. The molecule has 9 nitrogen and oxygen atoms in total. The van der Waals surface area contributed by atoms with Gasteiger partial charge < -0.3 is 29.8 Å². The average molecular weight is 513 g/mol. The van der Waals surface area contributed by atoms with E-state index in [9.17, 15) is 9.59 Å². The normalized spacial score (nSPS) is 14.4. The Balaban J connectivity index is 0.00000361. The molecule has 0 radical (unpaired) electrons. The van der Waals surface area contributed by atoms with E-state index >= 15 is 0 Å². The number of aliphatic hydroxyl groups excluding tert-OH is 1. The van der Waals surface area contributed by atoms with E-state index in [1.165, 1.54) is 0 Å². The third kappa shape index (κ3) is 5.93. The predicted molar refractivity (Wildman–Crippen MR) is 139 cm³/mol. The zero-order valence-electron chi connectivity index (χ0n) is 20.3. The van der Waals surface area contributed by atoms with Crippen molar-refractivity contribution in [2.75, 3.05) is 32.6 Å². The lowest BCUT2D eigenvalue weighted by Crippen LogP contribution is -2.17. The Bertz CT molecular complexity index is 1330. The number of carbonyl (C=O) groups excluding carboxylic acids is 2. The summed E-state index contributed by atoms with van der Waals surface area (Å²) in [5.41, 5.74) is 3.93. The van der Waals surface area contributed by atoms with Crippen LogP contribution in [0.2, 0.25) is 0 Å². The Morgan fingerprint density at radius 2 is 2.11 bits per heavy atom. The summed E-state index contributed by atoms with van der Waals surface area (Å²) in [6.45, 7) is 2.59. The number of carbonyl (C=O) groups is 2. The lowest BCUT2D eigenvalue weighted by Gasteiger charge is -2.14. The topological polar surface area (TPSA) is 117 Å². The Kier molecular flexibility index (Phi) is 8.87. The number of rotatable bonds is 9. The maximum Gasteiger partial charge on any atom is 0.347 e. The molecule has 2 aromatic heterocycles. The molecule has 190 valence electrons. The number of benzene rings is 1. The molecule has 0 fully saturated rings. The van der Waals surface area contributed by atoms with E-state index in [2.05, 4.69) is 20.2 Å². The molecule has 0 spiro atoms. The Hall–Kier alpha value is -3.66. The number of aliphatic hydroxyl groups is 1. The third-order valence-electron chi connectivity index (χ3n) is 5.44. The van der Waals surface area contributed by atoms with Crippen LogP contribution < -0.4 is 5.32 Å². The van der Waals surface area contributed by atoms with E-state index in [4.69, 9.17) is 14.6 Å². The fraction of sp³-hybridized carbons (Fsp3) is 0.269. The number of nitrogens with zero attached hydrogens (tertiary/aromatic N) is 2. The highest BCUT2D eigenvalue weighted by Gasteiger charge is 2.37. The molecule has 0 bridgehead atoms. The number of ketones is 1. The molecular formula is C26H29ClN4O5. The van der Waals surface area contributed by atoms with Gasteiger partial charge in [0.1, 0.15) is 5.65 Å². The molecule has 3 heterocycles. The minimum atomic E-state index is -0.808. The maximum absolute atomic E-state index is 13.2. The zero-order valence-corrected chi connectivity index (χ0v) is 21.1. The first kappa shape index (κ1) is 26.9. The van der Waals surface area contributed by atoms with Crippen molar-refractivity contribution >= 4 is 47.0 Å². The second kappa shape index (κ2) is 11.9. The molecule has 0 aliphatic carbocycles. The van der Waals surface area contributed by atoms with E-state index in [-0.39, 0.29) is 49.3 Å². The quantitative estimate of drug-likeness (QED) is 0.172. The van der Waals surface area contributed by atoms with Gasteiger partial charge in [-0.1, -0.05) is 12.1 Å². The van der Waals surface area contributed by atoms with Crippen LogP contribution in [0.1, 0.15) is 23.1 Å². The van der Waals surface area contributed by atoms with Gasteiger partial charge in [-0.15, -0.1) is 12.4 Å². The summed E-state index contributed by atoms with van der Waals surface area (Å²) in [6.07, 6.45) is 5.24. The van der Waals surface area contributed by atoms with Crippen molar-refractivity contribution in [3.05, 3.63) is 76.6 Å². The van der Waals surface area contributed by atoms with E-state index in [0.29, 0.717) is 16.9 Å². The van der Waals surface area contributed by atoms with Crippen molar-refractivity contribution in [2.24, 2.45) is 0 Å². The van der Waals surface area contributed by atoms with E-state index in [1.54, 1.807) is 24.5 Å². The number of esters is 1. The Morgan fingerprint density at radius 1 is 1.31 bits per heavy atom. The first-order valence-electron chi connectivity index (χ1n) is 11.3. The number of aromatic amines is 1. The van der Waals surface area contributed by atoms with Gasteiger partial charge >= 0.3 is 5.97 Å². The molecule has 1 aliphatic heterocycles. The van der Waals surface area contributed by atoms with Crippen LogP contribution in [0, 0.1) is 6.92 Å². The number of Topliss-reactive ketones (excluding diaryl/α,β-unsaturated/α-hetero) is 1. The van der Waals surface area contributed by atoms with Gasteiger partial charge in [0.2, 0.25) is 11.7 Å². The summed E-state index contributed by atoms with van der Waals surface area (Å²) in [4.78, 5) is 35.4. The fourth-order valence-electron chi connectivity index (χ4n) is 3.79. The van der Waals surface area contributed by atoms with Crippen LogP contribution in [-0.4, -0.2) is 59.0 Å². The number of halogens is 1. The van der Waals surface area contributed by atoms with Gasteiger partial charge in [0.25, 0.3) is 0 Å². The van der Waals surface area contributed by atoms with Crippen LogP contribution in [0.5, 0.6) is 0 Å². The van der Waals surface area contributed by atoms with Crippen molar-refractivity contribution in [3.8, 4) is 0 Å². The highest BCUT2D eigenvalue weighted by Crippen LogP contribution is 2.31. The van der Waals surface area contributed by atoms with Gasteiger partial charge in [-0.2, -0.15) is 0 Å². The molecule has 0 atom stereocenters. The third-order valence-corrected chi connectivity index (χ3v) is 5.44. The standard InChI is InChI=1S/C26H28N4O5.ClH/c1-16-12-17(15-30(2)3)7-8-20(16)29-25-22(26(33)34-11-5-10-31)23(32)21(35-25)13-18-14-28-24-19(18)6-4-9-27-24;/h4,6-9,12-14,29,31H,5,10-11,15H2,1-3H3,(H,27,28);1H/b21-13-;. The summed E-state index contributed by atoms with van der Waals surface area (Å²) >= 11 is 0. The first-order valence-corrected chi connectivity index (χ1v) is 11.3. The van der Waals surface area contributed by atoms with E-state index < -0.39 is 11.8 Å². The fourth-order valence-corrected chi connectivity index (χ4v) is 3.79. The van der Waals surface area contributed by atoms with Crippen LogP contribution in [0.15, 0.2) is 59.9 Å². The highest BCUT2D eigenvalue weighted by molar-refractivity contribution is 6.26. The molecule has 0 amide bonds. The monoisotopic (exact) mass is 512 g/mol. The summed E-state index contributed by atoms with van der Waals surface area (Å²) in [6, 6.07) is 9.57. The van der Waals surface area contributed by atoms with Crippen LogP contribution in [0.25, 0.3) is 17.1 Å². The lowest BCUT2D eigenvalue weighted by molar-refractivity contribution is -0.140. The van der Waals surface area contributed by atoms with Crippen molar-refractivity contribution in [1.82, 2.24) is 14.9 Å². The van der Waals surface area contributed by atoms with E-state index in [0.717, 1.165) is 23.1 Å². The average Bonchev–Trinajstić information content (AvgIpc) is 3.36. The molecule has 3 aromatic rings. The molecule has 1 aromatic carbocycles. The number of hydrogen-bond donors (Lipinski definition) is 3. The molecule has 3 N–H and O–H groups in total. The number of H-pyrrole nitrogens is 1. The maximum atomic E-state index is 13.2. The molecule has 0 saturated heterocycles. The Labute approximate surface area is 215 Å². The minimum absolute atomic E-state index is 0. The molecule has 4 rings (SSSR count). The summed E-state index contributed by atoms with van der Waals surface area (Å²) in [7, 11) is 3.99. The van der Waals surface area contributed by atoms with Crippen molar-refractivity contribution in [1.29, 1.82) is 0 Å². The van der Waals surface area contributed by atoms with Crippen molar-refractivity contribution < 1.29 is 24.2 Å². The van der Waals surface area contributed by atoms with Crippen molar-refractivity contribution in [3.63, 3.8) is 0 Å². The number of aromatic nitrogens is 2. The van der Waals surface area contributed by atoms with Crippen LogP contribution in [0.4, 0.5) is 5.69 Å². The van der Waals surface area contributed by atoms with Crippen LogP contribution in [-0.2, 0) is 25.6 Å². The number of pyridine rings is 1. The highest BCUT2D eigenvalue weighted by atomic mass is 35.5. The summed E-state index contributed by atoms with van der Waals surface area (Å²) in [5.74, 6) is -1.39. The van der Waals surface area contributed by atoms with Gasteiger partial charge in [-0.3, -0.25) is 4.79 Å². The number of nitrogens with one attached hydrogen (secondary N) is 2. The molecule has 0 unspecified atom stereocenters. The number of ether oxygens (including phenoxy) is 2. The second-order valence-corrected chi connectivity index (χ2v) is 8.51. The van der Waals surface area contributed by atoms with Gasteiger partial charge in [-0.05, 0) is 56.4 Å². The lowest BCUT2D eigenvalue weighted by atomic mass is 10.1. The molecule has 1 aliphatic rings. The first-order chi connectivity index (χ1) is 16.9. The number of anilines is 1. The Morgan fingerprint density at radius 3 is 2.83 bits per heavy atom. The van der Waals surface area contributed by atoms with E-state index in [1.807, 2.05) is 45.3 Å². The van der Waals surface area contributed by atoms with Crippen molar-refractivity contribution in [2.45, 2.75) is 19.9 Å². The summed E-state index contributed by atoms with van der Waals surface area (Å²) < 4.78 is 11.1. The number of allylic oxidation sites excluding steroid dienone is 1. The van der Waals surface area contributed by atoms with Crippen LogP contribution in [0.3, 0.4) is 0 Å². The van der Waals surface area contributed by atoms with Gasteiger partial charge in [0, 0.05) is 48.6 Å². The molecule has 36 heavy (non-hydrogen) atoms. The van der Waals surface area contributed by atoms with Gasteiger partial charge in [-0.25, -0.2) is 9.78 Å². The molecular weight excluding hydrogens is 484 g/mol. The number of aryl methyl sites for hydroxylation is 1. The minimum Gasteiger partial charge on any atom is -0.462 e. The zero-order chi connectivity index (χ0) is 24.9. The predicted octanol–water partition coefficient (Wildman–Crippen LogP) is 3.54. The smallest absolute Gasteiger partial charge is 0.347 e. The van der Waals surface area contributed by atoms with Gasteiger partial charge in [0.05, 0.1) is 6.61 Å². The van der Waals surface area contributed by atoms with Crippen LogP contribution >= 0.6 is 12.4 Å². The second-order valence-electron chi connectivity index (χ2n) is 8.51. The molecule has 0 saturated carbocycles.